The van der Waals surface area contributed by atoms with Crippen molar-refractivity contribution in [1.29, 1.82) is 0 Å². The molecule has 3 aromatic heterocycles. The van der Waals surface area contributed by atoms with Gasteiger partial charge in [0.25, 0.3) is 11.1 Å². The highest BCUT2D eigenvalue weighted by atomic mass is 79.9. The van der Waals surface area contributed by atoms with Crippen molar-refractivity contribution >= 4 is 61.8 Å². The summed E-state index contributed by atoms with van der Waals surface area (Å²) in [5, 5.41) is 2.17. The zero-order valence-corrected chi connectivity index (χ0v) is 48.3. The first-order valence-corrected chi connectivity index (χ1v) is 27.2. The van der Waals surface area contributed by atoms with Gasteiger partial charge in [-0.2, -0.15) is 0 Å². The van der Waals surface area contributed by atoms with E-state index in [9.17, 15) is 54.3 Å². The van der Waals surface area contributed by atoms with Gasteiger partial charge in [0.2, 0.25) is 0 Å². The molecule has 0 atom stereocenters. The third-order valence-corrected chi connectivity index (χ3v) is 14.3. The Bertz CT molecular complexity index is 4170. The van der Waals surface area contributed by atoms with Crippen LogP contribution in [0.3, 0.4) is 0 Å². The Balaban J connectivity index is 0.000000196. The van der Waals surface area contributed by atoms with Crippen molar-refractivity contribution in [3.63, 3.8) is 0 Å². The molecule has 6 aromatic carbocycles. The molecule has 0 amide bonds. The first-order valence-electron chi connectivity index (χ1n) is 25.3. The number of hydrogen-bond donors (Lipinski definition) is 0. The lowest BCUT2D eigenvalue weighted by Gasteiger charge is -2.13. The van der Waals surface area contributed by atoms with Gasteiger partial charge in [-0.15, -0.1) is 26.3 Å². The standard InChI is InChI=1S/C29H23ClF4N4O4.C23H19F4N3O4.C7H6BrCl/c1-36-26-25(27(39)38(28(36)40)16-18-5-9-21(41-2)10-6-18)37(15-17-3-7-20(30)8-4-17)24(35-26)14-19-13-22(11-12-23(19)31)42-29(32,33)34;1-29-20-18(21(31)30(22(29)32)12-13-3-5-16(33-2)6-4-13)11-15(28-20)9-14-10-17(7-8-19(14)24)34-23(25,26)27;8-5-6-1-3-7(9)4-2-6/h3-13H,14-16H2,1-2H3;3-8,10H,9,11-12H2,1-2H3;1-4H,5H2. The smallest absolute Gasteiger partial charge is 0.497 e. The van der Waals surface area contributed by atoms with Crippen LogP contribution in [0.4, 0.5) is 40.9 Å². The summed E-state index contributed by atoms with van der Waals surface area (Å²) in [7, 11) is 5.97. The van der Waals surface area contributed by atoms with Gasteiger partial charge in [0.15, 0.2) is 11.2 Å². The number of aliphatic imine (C=N–C) groups is 1. The molecule has 15 nitrogen and oxygen atoms in total. The first-order chi connectivity index (χ1) is 40.3. The molecule has 0 fully saturated rings. The number of nitrogens with zero attached hydrogens (tertiary/aromatic N) is 7. The Hall–Kier alpha value is -8.48. The maximum absolute atomic E-state index is 14.8. The van der Waals surface area contributed by atoms with Crippen molar-refractivity contribution in [1.82, 2.24) is 27.8 Å². The number of fused-ring (bicyclic) bond motifs is 2. The summed E-state index contributed by atoms with van der Waals surface area (Å²) in [6.45, 7) is 0.0707. The van der Waals surface area contributed by atoms with Crippen LogP contribution in [-0.2, 0) is 58.3 Å². The van der Waals surface area contributed by atoms with Crippen molar-refractivity contribution in [2.75, 3.05) is 14.2 Å². The van der Waals surface area contributed by atoms with Gasteiger partial charge in [-0.3, -0.25) is 27.9 Å². The highest BCUT2D eigenvalue weighted by molar-refractivity contribution is 9.08. The molecule has 0 radical (unpaired) electrons. The fraction of sp³-hybridized carbons (Fsp3) is 0.220. The summed E-state index contributed by atoms with van der Waals surface area (Å²) in [5.74, 6) is -1.15. The maximum atomic E-state index is 14.8. The van der Waals surface area contributed by atoms with E-state index in [-0.39, 0.29) is 78.4 Å². The van der Waals surface area contributed by atoms with Crippen molar-refractivity contribution in [2.24, 2.45) is 19.1 Å². The van der Waals surface area contributed by atoms with Crippen LogP contribution in [-0.4, -0.2) is 60.5 Å². The molecule has 444 valence electrons. The molecule has 0 aliphatic carbocycles. The number of ether oxygens (including phenoxy) is 4. The van der Waals surface area contributed by atoms with E-state index in [1.54, 1.807) is 72.8 Å². The van der Waals surface area contributed by atoms with Crippen LogP contribution in [0.5, 0.6) is 23.0 Å². The normalized spacial score (nSPS) is 12.0. The fourth-order valence-corrected chi connectivity index (χ4v) is 9.57. The van der Waals surface area contributed by atoms with Gasteiger partial charge in [-0.1, -0.05) is 87.7 Å². The third kappa shape index (κ3) is 15.6. The number of benzene rings is 6. The minimum atomic E-state index is -4.97. The zero-order valence-electron chi connectivity index (χ0n) is 45.2. The van der Waals surface area contributed by atoms with Gasteiger partial charge in [0.05, 0.1) is 32.9 Å². The van der Waals surface area contributed by atoms with E-state index in [1.165, 1.54) is 47.6 Å². The van der Waals surface area contributed by atoms with Gasteiger partial charge in [0.1, 0.15) is 46.3 Å². The lowest BCUT2D eigenvalue weighted by molar-refractivity contribution is -0.275. The molecule has 0 saturated carbocycles. The summed E-state index contributed by atoms with van der Waals surface area (Å²) >= 11 is 15.0. The average Bonchev–Trinajstić information content (AvgIpc) is 2.02. The van der Waals surface area contributed by atoms with Crippen LogP contribution in [0.1, 0.15) is 44.8 Å². The number of halogens is 11. The average molecular weight is 1290 g/mol. The highest BCUT2D eigenvalue weighted by Gasteiger charge is 2.33. The topological polar surface area (TPSA) is 155 Å². The quantitative estimate of drug-likeness (QED) is 0.0720. The summed E-state index contributed by atoms with van der Waals surface area (Å²) < 4.78 is 129. The maximum Gasteiger partial charge on any atom is 0.573 e. The van der Waals surface area contributed by atoms with Crippen LogP contribution in [0, 0.1) is 11.6 Å². The van der Waals surface area contributed by atoms with Gasteiger partial charge >= 0.3 is 24.1 Å². The van der Waals surface area contributed by atoms with E-state index in [1.807, 2.05) is 24.3 Å². The molecular formula is C59H48BrCl2F8N7O8. The van der Waals surface area contributed by atoms with Crippen molar-refractivity contribution < 1.29 is 54.1 Å². The minimum absolute atomic E-state index is 0.0313. The SMILES string of the molecule is COc1ccc(Cn2c(=O)c3c(n(C)c2=O)N=C(Cc2cc(OC(F)(F)F)ccc2F)C3)cc1.COc1ccc(Cn2c(=O)c3c(nc(Cc4cc(OC(F)(F)F)ccc4F)n3Cc3ccc(Cl)cc3)n(C)c2=O)cc1.Clc1ccc(CBr)cc1. The second kappa shape index (κ2) is 26.6. The summed E-state index contributed by atoms with van der Waals surface area (Å²) in [6.07, 6.45) is -10.3. The predicted molar refractivity (Wildman–Crippen MR) is 307 cm³/mol. The van der Waals surface area contributed by atoms with Gasteiger partial charge in [-0.05, 0) is 118 Å². The van der Waals surface area contributed by atoms with Crippen molar-refractivity contribution in [3.8, 4) is 23.0 Å². The Kier molecular flexibility index (Phi) is 19.6. The van der Waals surface area contributed by atoms with Crippen LogP contribution >= 0.6 is 39.1 Å². The molecular weight excluding hydrogens is 1240 g/mol. The monoisotopic (exact) mass is 1280 g/mol. The molecule has 9 aromatic rings. The molecule has 0 N–H and O–H groups in total. The number of alkyl halides is 7. The number of methoxy groups -OCH3 is 2. The fourth-order valence-electron chi connectivity index (χ4n) is 8.94. The lowest BCUT2D eigenvalue weighted by Crippen LogP contribution is -2.40. The van der Waals surface area contributed by atoms with Crippen LogP contribution < -0.4 is 41.4 Å². The molecule has 10 rings (SSSR count). The summed E-state index contributed by atoms with van der Waals surface area (Å²) in [4.78, 5) is 61.8. The summed E-state index contributed by atoms with van der Waals surface area (Å²) in [5.41, 5.74) is 1.48. The van der Waals surface area contributed by atoms with E-state index in [4.69, 9.17) is 32.7 Å². The van der Waals surface area contributed by atoms with Crippen LogP contribution in [0.25, 0.3) is 11.2 Å². The predicted octanol–water partition coefficient (Wildman–Crippen LogP) is 12.0. The van der Waals surface area contributed by atoms with Gasteiger partial charge < -0.3 is 23.5 Å². The number of imidazole rings is 1. The van der Waals surface area contributed by atoms with E-state index < -0.39 is 58.4 Å². The number of hydrogen-bond acceptors (Lipinski definition) is 10. The molecule has 0 unspecified atom stereocenters. The molecule has 0 saturated heterocycles. The molecule has 26 heteroatoms. The van der Waals surface area contributed by atoms with Crippen molar-refractivity contribution in [3.05, 3.63) is 242 Å². The van der Waals surface area contributed by atoms with Gasteiger partial charge in [-0.25, -0.2) is 28.3 Å². The lowest BCUT2D eigenvalue weighted by atomic mass is 10.0. The van der Waals surface area contributed by atoms with E-state index in [0.29, 0.717) is 38.9 Å². The largest absolute Gasteiger partial charge is 0.573 e. The zero-order chi connectivity index (χ0) is 61.5. The number of aromatic nitrogens is 6. The Morgan fingerprint density at radius 3 is 1.41 bits per heavy atom. The molecule has 1 aliphatic rings. The third-order valence-electron chi connectivity index (χ3n) is 13.1. The van der Waals surface area contributed by atoms with Crippen molar-refractivity contribution in [2.45, 2.75) is 57.0 Å². The van der Waals surface area contributed by atoms with E-state index in [0.717, 1.165) is 55.9 Å². The van der Waals surface area contributed by atoms with E-state index in [2.05, 4.69) is 35.4 Å². The second-order valence-corrected chi connectivity index (χ2v) is 20.4. The number of rotatable bonds is 15. The molecule has 4 heterocycles. The molecule has 0 spiro atoms. The molecule has 1 aliphatic heterocycles. The molecule has 0 bridgehead atoms. The van der Waals surface area contributed by atoms with Gasteiger partial charge in [0, 0.05) is 61.0 Å². The number of aryl methyl sites for hydroxylation is 1. The summed E-state index contributed by atoms with van der Waals surface area (Å²) in [6, 6.07) is 33.6. The van der Waals surface area contributed by atoms with E-state index >= 15 is 0 Å². The Morgan fingerprint density at radius 1 is 0.541 bits per heavy atom. The van der Waals surface area contributed by atoms with Crippen LogP contribution in [0.2, 0.25) is 10.0 Å². The minimum Gasteiger partial charge on any atom is -0.497 e. The van der Waals surface area contributed by atoms with Crippen LogP contribution in [0.15, 0.2) is 158 Å². The Morgan fingerprint density at radius 2 is 0.953 bits per heavy atom. The Labute approximate surface area is 496 Å². The first kappa shape index (κ1) is 62.6. The second-order valence-electron chi connectivity index (χ2n) is 18.9. The highest BCUT2D eigenvalue weighted by Crippen LogP contribution is 2.30. The molecule has 85 heavy (non-hydrogen) atoms.